The van der Waals surface area contributed by atoms with E-state index < -0.39 is 0 Å². The van der Waals surface area contributed by atoms with Crippen molar-refractivity contribution in [1.29, 1.82) is 0 Å². The van der Waals surface area contributed by atoms with Crippen molar-refractivity contribution >= 4 is 11.9 Å². The third kappa shape index (κ3) is 5.30. The second kappa shape index (κ2) is 9.61. The van der Waals surface area contributed by atoms with Crippen LogP contribution in [0.5, 0.6) is 0 Å². The van der Waals surface area contributed by atoms with E-state index in [-0.39, 0.29) is 18.0 Å². The number of amides is 3. The number of carbonyl (C=O) groups is 2. The highest BCUT2D eigenvalue weighted by atomic mass is 16.5. The molecule has 0 aromatic heterocycles. The van der Waals surface area contributed by atoms with Crippen LogP contribution in [0.25, 0.3) is 0 Å². The first-order chi connectivity index (χ1) is 14.2. The summed E-state index contributed by atoms with van der Waals surface area (Å²) in [7, 11) is 0. The van der Waals surface area contributed by atoms with Gasteiger partial charge in [0, 0.05) is 38.3 Å². The van der Waals surface area contributed by atoms with Crippen molar-refractivity contribution in [3.63, 3.8) is 0 Å². The Morgan fingerprint density at radius 1 is 0.897 bits per heavy atom. The standard InChI is InChI=1S/C23H33N3O3/c27-22(19-6-2-1-3-7-19)25-14-11-18(12-15-25)16-24-23(28)26-13-5-10-21(17-26)29-20-8-4-9-20/h1-3,6-7,18,20-21H,4-5,8-17H2,(H,24,28). The molecular formula is C23H33N3O3. The monoisotopic (exact) mass is 399 g/mol. The molecule has 6 nitrogen and oxygen atoms in total. The first-order valence-corrected chi connectivity index (χ1v) is 11.2. The van der Waals surface area contributed by atoms with Gasteiger partial charge in [-0.25, -0.2) is 4.79 Å². The number of urea groups is 1. The number of nitrogens with zero attached hydrogens (tertiary/aromatic N) is 2. The third-order valence-electron chi connectivity index (χ3n) is 6.57. The van der Waals surface area contributed by atoms with E-state index in [0.717, 1.165) is 50.9 Å². The minimum Gasteiger partial charge on any atom is -0.373 e. The van der Waals surface area contributed by atoms with Crippen LogP contribution in [-0.4, -0.2) is 66.7 Å². The second-order valence-electron chi connectivity index (χ2n) is 8.69. The molecule has 29 heavy (non-hydrogen) atoms. The number of piperidine rings is 2. The van der Waals surface area contributed by atoms with E-state index in [4.69, 9.17) is 4.74 Å². The van der Waals surface area contributed by atoms with Crippen molar-refractivity contribution in [2.45, 2.75) is 57.2 Å². The summed E-state index contributed by atoms with van der Waals surface area (Å²) >= 11 is 0. The summed E-state index contributed by atoms with van der Waals surface area (Å²) in [6.45, 7) is 3.74. The van der Waals surface area contributed by atoms with Crippen molar-refractivity contribution < 1.29 is 14.3 Å². The number of nitrogens with one attached hydrogen (secondary N) is 1. The van der Waals surface area contributed by atoms with E-state index in [1.165, 1.54) is 19.3 Å². The van der Waals surface area contributed by atoms with Gasteiger partial charge in [0.1, 0.15) is 0 Å². The fourth-order valence-corrected chi connectivity index (χ4v) is 4.46. The van der Waals surface area contributed by atoms with Crippen molar-refractivity contribution in [3.8, 4) is 0 Å². The number of ether oxygens (including phenoxy) is 1. The molecule has 2 heterocycles. The molecule has 1 aromatic rings. The van der Waals surface area contributed by atoms with Crippen molar-refractivity contribution in [3.05, 3.63) is 35.9 Å². The van der Waals surface area contributed by atoms with Gasteiger partial charge >= 0.3 is 6.03 Å². The Kier molecular flexibility index (Phi) is 6.70. The Hall–Kier alpha value is -2.08. The van der Waals surface area contributed by atoms with Gasteiger partial charge < -0.3 is 19.9 Å². The quantitative estimate of drug-likeness (QED) is 0.827. The van der Waals surface area contributed by atoms with Crippen molar-refractivity contribution in [2.24, 2.45) is 5.92 Å². The highest BCUT2D eigenvalue weighted by molar-refractivity contribution is 5.94. The van der Waals surface area contributed by atoms with E-state index >= 15 is 0 Å². The summed E-state index contributed by atoms with van der Waals surface area (Å²) in [6.07, 6.45) is 8.20. The van der Waals surface area contributed by atoms with Crippen molar-refractivity contribution in [2.75, 3.05) is 32.7 Å². The van der Waals surface area contributed by atoms with E-state index in [0.29, 0.717) is 25.1 Å². The topological polar surface area (TPSA) is 61.9 Å². The molecule has 1 saturated carbocycles. The Labute approximate surface area is 173 Å². The average molecular weight is 400 g/mol. The van der Waals surface area contributed by atoms with Crippen molar-refractivity contribution in [1.82, 2.24) is 15.1 Å². The SMILES string of the molecule is O=C(NCC1CCN(C(=O)c2ccccc2)CC1)N1CCCC(OC2CCC2)C1. The molecule has 0 spiro atoms. The number of benzene rings is 1. The number of rotatable bonds is 5. The van der Waals surface area contributed by atoms with Crippen LogP contribution in [0.3, 0.4) is 0 Å². The lowest BCUT2D eigenvalue weighted by molar-refractivity contribution is -0.0720. The van der Waals surface area contributed by atoms with Crippen LogP contribution in [0.2, 0.25) is 0 Å². The molecule has 3 fully saturated rings. The lowest BCUT2D eigenvalue weighted by Gasteiger charge is -2.37. The van der Waals surface area contributed by atoms with Crippen LogP contribution < -0.4 is 5.32 Å². The molecule has 1 aliphatic carbocycles. The fraction of sp³-hybridized carbons (Fsp3) is 0.652. The Morgan fingerprint density at radius 2 is 1.62 bits per heavy atom. The van der Waals surface area contributed by atoms with Gasteiger partial charge in [-0.15, -0.1) is 0 Å². The summed E-state index contributed by atoms with van der Waals surface area (Å²) in [6, 6.07) is 9.50. The Balaban J connectivity index is 1.17. The van der Waals surface area contributed by atoms with E-state index in [1.54, 1.807) is 0 Å². The zero-order chi connectivity index (χ0) is 20.1. The van der Waals surface area contributed by atoms with Crippen LogP contribution >= 0.6 is 0 Å². The normalized spacial score (nSPS) is 23.5. The minimum absolute atomic E-state index is 0.0368. The van der Waals surface area contributed by atoms with Crippen LogP contribution in [0.4, 0.5) is 4.79 Å². The predicted octanol–water partition coefficient (Wildman–Crippen LogP) is 3.28. The molecule has 6 heteroatoms. The van der Waals surface area contributed by atoms with Crippen LogP contribution in [0.15, 0.2) is 30.3 Å². The molecule has 3 aliphatic rings. The smallest absolute Gasteiger partial charge is 0.317 e. The maximum atomic E-state index is 12.6. The first kappa shape index (κ1) is 20.2. The Morgan fingerprint density at radius 3 is 2.31 bits per heavy atom. The molecule has 3 amide bonds. The summed E-state index contributed by atoms with van der Waals surface area (Å²) in [4.78, 5) is 29.0. The van der Waals surface area contributed by atoms with Crippen LogP contribution in [-0.2, 0) is 4.74 Å². The zero-order valence-corrected chi connectivity index (χ0v) is 17.2. The van der Waals surface area contributed by atoms with Crippen LogP contribution in [0, 0.1) is 5.92 Å². The van der Waals surface area contributed by atoms with Gasteiger partial charge in [-0.2, -0.15) is 0 Å². The first-order valence-electron chi connectivity index (χ1n) is 11.2. The molecule has 158 valence electrons. The lowest BCUT2D eigenvalue weighted by atomic mass is 9.95. The fourth-order valence-electron chi connectivity index (χ4n) is 4.46. The number of carbonyl (C=O) groups excluding carboxylic acids is 2. The summed E-state index contributed by atoms with van der Waals surface area (Å²) in [5.74, 6) is 0.546. The maximum Gasteiger partial charge on any atom is 0.317 e. The molecule has 1 unspecified atom stereocenters. The highest BCUT2D eigenvalue weighted by Crippen LogP contribution is 2.26. The summed E-state index contributed by atoms with van der Waals surface area (Å²) in [5, 5.41) is 3.13. The molecular weight excluding hydrogens is 366 g/mol. The molecule has 0 radical (unpaired) electrons. The maximum absolute atomic E-state index is 12.6. The number of hydrogen-bond donors (Lipinski definition) is 1. The average Bonchev–Trinajstić information content (AvgIpc) is 2.75. The minimum atomic E-state index is 0.0368. The third-order valence-corrected chi connectivity index (χ3v) is 6.57. The van der Waals surface area contributed by atoms with E-state index in [1.807, 2.05) is 40.1 Å². The second-order valence-corrected chi connectivity index (χ2v) is 8.69. The van der Waals surface area contributed by atoms with Gasteiger partial charge in [0.15, 0.2) is 0 Å². The number of likely N-dealkylation sites (tertiary alicyclic amines) is 2. The van der Waals surface area contributed by atoms with Gasteiger partial charge in [0.05, 0.1) is 12.2 Å². The van der Waals surface area contributed by atoms with E-state index in [2.05, 4.69) is 5.32 Å². The number of hydrogen-bond acceptors (Lipinski definition) is 3. The molecule has 4 rings (SSSR count). The molecule has 1 aromatic carbocycles. The largest absolute Gasteiger partial charge is 0.373 e. The molecule has 2 saturated heterocycles. The molecule has 1 atom stereocenters. The van der Waals surface area contributed by atoms with Gasteiger partial charge in [-0.1, -0.05) is 18.2 Å². The van der Waals surface area contributed by atoms with Crippen LogP contribution in [0.1, 0.15) is 55.3 Å². The molecule has 0 bridgehead atoms. The highest BCUT2D eigenvalue weighted by Gasteiger charge is 2.29. The summed E-state index contributed by atoms with van der Waals surface area (Å²) in [5.41, 5.74) is 0.753. The molecule has 1 N–H and O–H groups in total. The lowest BCUT2D eigenvalue weighted by Crippen LogP contribution is -2.50. The molecule has 2 aliphatic heterocycles. The van der Waals surface area contributed by atoms with Gasteiger partial charge in [0.2, 0.25) is 0 Å². The van der Waals surface area contributed by atoms with Gasteiger partial charge in [-0.05, 0) is 63.0 Å². The van der Waals surface area contributed by atoms with Gasteiger partial charge in [0.25, 0.3) is 5.91 Å². The zero-order valence-electron chi connectivity index (χ0n) is 17.2. The Bertz CT molecular complexity index is 684. The van der Waals surface area contributed by atoms with Gasteiger partial charge in [-0.3, -0.25) is 4.79 Å². The summed E-state index contributed by atoms with van der Waals surface area (Å²) < 4.78 is 6.11. The predicted molar refractivity (Wildman–Crippen MR) is 112 cm³/mol. The van der Waals surface area contributed by atoms with E-state index in [9.17, 15) is 9.59 Å².